The molecule has 0 radical (unpaired) electrons. The van der Waals surface area contributed by atoms with Crippen LogP contribution in [0.4, 0.5) is 5.69 Å². The number of carbonyl (C=O) groups excluding carboxylic acids is 1. The van der Waals surface area contributed by atoms with Crippen LogP contribution in [0.1, 0.15) is 19.4 Å². The number of methoxy groups -OCH3 is 3. The first-order valence-electron chi connectivity index (χ1n) is 12.9. The molecule has 13 nitrogen and oxygen atoms in total. The number of aliphatic hydroxyl groups excluding tert-OH is 1. The highest BCUT2D eigenvalue weighted by molar-refractivity contribution is 7.89. The minimum Gasteiger partial charge on any atom is -0.493 e. The Morgan fingerprint density at radius 3 is 2.26 bits per heavy atom. The number of nitrogens with one attached hydrogen (secondary N) is 1. The standard InChI is InChI=1S/C28H34N4O9S/c1-18(2)26(28(34)30-12-13-33)31(42(37,38)25-9-7-6-8-22(25)32(35)36)17-19-10-11-29-21(14-19)20-15-23(39-3)27(41-5)24(16-20)40-4/h6-11,14-16,18,26,33H,12-13,17H2,1-5H3,(H,30,34)/t26-/m0/s1. The molecule has 0 unspecified atom stereocenters. The molecule has 0 fully saturated rings. The maximum absolute atomic E-state index is 14.1. The molecule has 1 atom stereocenters. The average Bonchev–Trinajstić information content (AvgIpc) is 2.98. The highest BCUT2D eigenvalue weighted by Gasteiger charge is 2.40. The smallest absolute Gasteiger partial charge is 0.289 e. The van der Waals surface area contributed by atoms with Gasteiger partial charge in [0, 0.05) is 30.9 Å². The number of pyridine rings is 1. The minimum atomic E-state index is -4.61. The summed E-state index contributed by atoms with van der Waals surface area (Å²) in [6.45, 7) is 2.57. The molecule has 2 aromatic carbocycles. The van der Waals surface area contributed by atoms with Crippen LogP contribution in [0, 0.1) is 16.0 Å². The van der Waals surface area contributed by atoms with Gasteiger partial charge in [-0.3, -0.25) is 19.9 Å². The molecule has 1 aromatic heterocycles. The second kappa shape index (κ2) is 14.1. The summed E-state index contributed by atoms with van der Waals surface area (Å²) >= 11 is 0. The molecule has 1 amide bonds. The van der Waals surface area contributed by atoms with Crippen molar-refractivity contribution in [3.05, 3.63) is 70.4 Å². The molecule has 3 aromatic rings. The second-order valence-corrected chi connectivity index (χ2v) is 11.3. The highest BCUT2D eigenvalue weighted by atomic mass is 32.2. The first kappa shape index (κ1) is 32.2. The van der Waals surface area contributed by atoms with Gasteiger partial charge in [-0.2, -0.15) is 4.31 Å². The molecule has 14 heteroatoms. The third kappa shape index (κ3) is 6.95. The molecule has 0 saturated carbocycles. The Hall–Kier alpha value is -4.27. The normalized spacial score (nSPS) is 12.2. The van der Waals surface area contributed by atoms with Crippen molar-refractivity contribution in [2.75, 3.05) is 34.5 Å². The summed E-state index contributed by atoms with van der Waals surface area (Å²) < 4.78 is 45.4. The van der Waals surface area contributed by atoms with Crippen LogP contribution in [0.2, 0.25) is 0 Å². The second-order valence-electron chi connectivity index (χ2n) is 9.44. The number of benzene rings is 2. The van der Waals surface area contributed by atoms with E-state index in [1.165, 1.54) is 39.7 Å². The van der Waals surface area contributed by atoms with E-state index >= 15 is 0 Å². The van der Waals surface area contributed by atoms with E-state index in [0.717, 1.165) is 16.4 Å². The lowest BCUT2D eigenvalue weighted by Gasteiger charge is -2.32. The first-order chi connectivity index (χ1) is 20.0. The van der Waals surface area contributed by atoms with Gasteiger partial charge in [-0.15, -0.1) is 0 Å². The van der Waals surface area contributed by atoms with Crippen molar-refractivity contribution in [1.29, 1.82) is 0 Å². The number of carbonyl (C=O) groups is 1. The zero-order valence-corrected chi connectivity index (χ0v) is 24.8. The number of nitro benzene ring substituents is 1. The zero-order chi connectivity index (χ0) is 31.0. The molecule has 0 spiro atoms. The summed E-state index contributed by atoms with van der Waals surface area (Å²) in [4.78, 5) is 28.1. The fourth-order valence-corrected chi connectivity index (χ4v) is 6.34. The van der Waals surface area contributed by atoms with Crippen LogP contribution in [0.15, 0.2) is 59.6 Å². The molecule has 0 saturated heterocycles. The largest absolute Gasteiger partial charge is 0.493 e. The minimum absolute atomic E-state index is 0.0953. The molecule has 42 heavy (non-hydrogen) atoms. The molecule has 2 N–H and O–H groups in total. The summed E-state index contributed by atoms with van der Waals surface area (Å²) in [6, 6.07) is 10.3. The van der Waals surface area contributed by atoms with Gasteiger partial charge in [0.25, 0.3) is 15.7 Å². The highest BCUT2D eigenvalue weighted by Crippen LogP contribution is 2.41. The number of nitro groups is 1. The summed E-state index contributed by atoms with van der Waals surface area (Å²) in [5.74, 6) is -0.0341. The number of amides is 1. The summed E-state index contributed by atoms with van der Waals surface area (Å²) in [6.07, 6.45) is 1.49. The Morgan fingerprint density at radius 1 is 1.07 bits per heavy atom. The fraction of sp³-hybridized carbons (Fsp3) is 0.357. The van der Waals surface area contributed by atoms with Crippen LogP contribution in [0.25, 0.3) is 11.3 Å². The van der Waals surface area contributed by atoms with E-state index in [0.29, 0.717) is 34.1 Å². The van der Waals surface area contributed by atoms with Gasteiger partial charge in [-0.25, -0.2) is 8.42 Å². The third-order valence-corrected chi connectivity index (χ3v) is 8.27. The van der Waals surface area contributed by atoms with Crippen LogP contribution in [0.5, 0.6) is 17.2 Å². The van der Waals surface area contributed by atoms with E-state index < -0.39 is 43.4 Å². The van der Waals surface area contributed by atoms with Crippen molar-refractivity contribution < 1.29 is 37.5 Å². The van der Waals surface area contributed by atoms with Gasteiger partial charge in [0.2, 0.25) is 11.7 Å². The lowest BCUT2D eigenvalue weighted by molar-refractivity contribution is -0.387. The molecule has 3 rings (SSSR count). The third-order valence-electron chi connectivity index (χ3n) is 6.39. The Kier molecular flexibility index (Phi) is 10.8. The number of aromatic nitrogens is 1. The molecule has 0 aliphatic rings. The summed E-state index contributed by atoms with van der Waals surface area (Å²) in [7, 11) is -0.174. The maximum atomic E-state index is 14.1. The zero-order valence-electron chi connectivity index (χ0n) is 23.9. The van der Waals surface area contributed by atoms with Gasteiger partial charge in [-0.1, -0.05) is 26.0 Å². The number of para-hydroxylation sites is 1. The van der Waals surface area contributed by atoms with Gasteiger partial charge in [0.15, 0.2) is 16.4 Å². The average molecular weight is 603 g/mol. The number of ether oxygens (including phenoxy) is 3. The van der Waals surface area contributed by atoms with Crippen molar-refractivity contribution in [2.45, 2.75) is 31.3 Å². The van der Waals surface area contributed by atoms with Crippen LogP contribution in [-0.2, 0) is 21.4 Å². The number of hydrogen-bond acceptors (Lipinski definition) is 10. The molecular formula is C28H34N4O9S. The van der Waals surface area contributed by atoms with Gasteiger partial charge >= 0.3 is 0 Å². The molecular weight excluding hydrogens is 568 g/mol. The molecule has 0 aliphatic heterocycles. The van der Waals surface area contributed by atoms with Gasteiger partial charge in [0.1, 0.15) is 6.04 Å². The van der Waals surface area contributed by atoms with Gasteiger partial charge in [0.05, 0.1) is 38.6 Å². The summed E-state index contributed by atoms with van der Waals surface area (Å²) in [5, 5.41) is 23.5. The number of nitrogens with zero attached hydrogens (tertiary/aromatic N) is 3. The Labute approximate surface area is 244 Å². The van der Waals surface area contributed by atoms with E-state index in [1.807, 2.05) is 0 Å². The van der Waals surface area contributed by atoms with Crippen molar-refractivity contribution in [1.82, 2.24) is 14.6 Å². The van der Waals surface area contributed by atoms with Crippen molar-refractivity contribution in [3.8, 4) is 28.5 Å². The van der Waals surface area contributed by atoms with Crippen LogP contribution in [-0.4, -0.2) is 74.2 Å². The first-order valence-corrected chi connectivity index (χ1v) is 14.3. The predicted molar refractivity (Wildman–Crippen MR) is 154 cm³/mol. The molecule has 226 valence electrons. The number of sulfonamides is 1. The van der Waals surface area contributed by atoms with E-state index in [-0.39, 0.29) is 19.7 Å². The lowest BCUT2D eigenvalue weighted by atomic mass is 10.0. The quantitative estimate of drug-likeness (QED) is 0.206. The fourth-order valence-electron chi connectivity index (χ4n) is 4.47. The molecule has 0 aliphatic carbocycles. The van der Waals surface area contributed by atoms with E-state index in [1.54, 1.807) is 38.1 Å². The monoisotopic (exact) mass is 602 g/mol. The number of rotatable bonds is 14. The van der Waals surface area contributed by atoms with Crippen molar-refractivity contribution >= 4 is 21.6 Å². The Morgan fingerprint density at radius 2 is 1.71 bits per heavy atom. The number of aliphatic hydroxyl groups is 1. The number of hydrogen-bond donors (Lipinski definition) is 2. The summed E-state index contributed by atoms with van der Waals surface area (Å²) in [5.41, 5.74) is 0.867. The van der Waals surface area contributed by atoms with E-state index in [4.69, 9.17) is 14.2 Å². The van der Waals surface area contributed by atoms with Crippen LogP contribution < -0.4 is 19.5 Å². The van der Waals surface area contributed by atoms with Crippen LogP contribution >= 0.6 is 0 Å². The van der Waals surface area contributed by atoms with Gasteiger partial charge < -0.3 is 24.6 Å². The molecule has 0 bridgehead atoms. The lowest BCUT2D eigenvalue weighted by Crippen LogP contribution is -2.52. The van der Waals surface area contributed by atoms with Gasteiger partial charge in [-0.05, 0) is 41.8 Å². The predicted octanol–water partition coefficient (Wildman–Crippen LogP) is 3.01. The van der Waals surface area contributed by atoms with Crippen molar-refractivity contribution in [2.24, 2.45) is 5.92 Å². The van der Waals surface area contributed by atoms with Crippen molar-refractivity contribution in [3.63, 3.8) is 0 Å². The van der Waals surface area contributed by atoms with E-state index in [9.17, 15) is 28.4 Å². The topological polar surface area (TPSA) is 170 Å². The Bertz CT molecular complexity index is 1500. The van der Waals surface area contributed by atoms with E-state index in [2.05, 4.69) is 10.3 Å². The Balaban J connectivity index is 2.17. The van der Waals surface area contributed by atoms with Crippen LogP contribution in [0.3, 0.4) is 0 Å². The SMILES string of the molecule is COc1cc(-c2cc(CN([C@H](C(=O)NCCO)C(C)C)S(=O)(=O)c3ccccc3[N+](=O)[O-])ccn2)cc(OC)c1OC. The maximum Gasteiger partial charge on any atom is 0.289 e. The molecule has 1 heterocycles.